The minimum Gasteiger partial charge on any atom is -0.386 e. The fourth-order valence-corrected chi connectivity index (χ4v) is 3.54. The highest BCUT2D eigenvalue weighted by Crippen LogP contribution is 2.34. The molecule has 2 aromatic heterocycles. The van der Waals surface area contributed by atoms with Crippen molar-refractivity contribution in [2.45, 2.75) is 19.3 Å². The zero-order valence-corrected chi connectivity index (χ0v) is 12.3. The number of hydrogen-bond donors (Lipinski definition) is 1. The molecule has 23 heavy (non-hydrogen) atoms. The SMILES string of the molecule is O=c1c2c(cc3n1Cc1cc4ccccc4nc1-3)C(O)COC2. The molecule has 4 heterocycles. The molecule has 0 saturated heterocycles. The molecule has 0 fully saturated rings. The van der Waals surface area contributed by atoms with Crippen LogP contribution in [0.1, 0.15) is 22.8 Å². The van der Waals surface area contributed by atoms with Gasteiger partial charge < -0.3 is 14.4 Å². The Morgan fingerprint density at radius 2 is 2.13 bits per heavy atom. The first-order chi connectivity index (χ1) is 11.2. The third-order valence-corrected chi connectivity index (χ3v) is 4.69. The van der Waals surface area contributed by atoms with Crippen LogP contribution < -0.4 is 5.56 Å². The Kier molecular flexibility index (Phi) is 2.54. The largest absolute Gasteiger partial charge is 0.386 e. The summed E-state index contributed by atoms with van der Waals surface area (Å²) in [6.45, 7) is 1.01. The second kappa shape index (κ2) is 4.50. The minimum absolute atomic E-state index is 0.0849. The topological polar surface area (TPSA) is 64.4 Å². The Morgan fingerprint density at radius 1 is 1.26 bits per heavy atom. The third kappa shape index (κ3) is 1.75. The van der Waals surface area contributed by atoms with Crippen LogP contribution in [0.15, 0.2) is 41.2 Å². The van der Waals surface area contributed by atoms with E-state index >= 15 is 0 Å². The molecule has 0 saturated carbocycles. The number of nitrogens with zero attached hydrogens (tertiary/aromatic N) is 2. The number of rotatable bonds is 0. The van der Waals surface area contributed by atoms with E-state index in [1.165, 1.54) is 0 Å². The monoisotopic (exact) mass is 306 g/mol. The van der Waals surface area contributed by atoms with E-state index in [1.54, 1.807) is 4.57 Å². The summed E-state index contributed by atoms with van der Waals surface area (Å²) in [6.07, 6.45) is -0.748. The molecule has 1 atom stereocenters. The predicted octanol–water partition coefficient (Wildman–Crippen LogP) is 1.99. The molecule has 0 amide bonds. The first kappa shape index (κ1) is 13.0. The van der Waals surface area contributed by atoms with Gasteiger partial charge in [-0.25, -0.2) is 4.98 Å². The zero-order chi connectivity index (χ0) is 15.6. The summed E-state index contributed by atoms with van der Waals surface area (Å²) in [5, 5.41) is 11.2. The molecule has 0 spiro atoms. The summed E-state index contributed by atoms with van der Waals surface area (Å²) in [5.74, 6) is 0. The van der Waals surface area contributed by atoms with Crippen LogP contribution in [0, 0.1) is 0 Å². The summed E-state index contributed by atoms with van der Waals surface area (Å²) in [5.41, 5.74) is 4.73. The number of ether oxygens (including phenoxy) is 1. The van der Waals surface area contributed by atoms with E-state index < -0.39 is 6.10 Å². The number of aliphatic hydroxyl groups is 1. The van der Waals surface area contributed by atoms with Gasteiger partial charge in [0.1, 0.15) is 6.10 Å². The average Bonchev–Trinajstić information content (AvgIpc) is 2.92. The van der Waals surface area contributed by atoms with E-state index in [0.717, 1.165) is 27.9 Å². The van der Waals surface area contributed by atoms with Crippen LogP contribution in [0.3, 0.4) is 0 Å². The van der Waals surface area contributed by atoms with Crippen molar-refractivity contribution in [3.05, 3.63) is 63.4 Å². The zero-order valence-electron chi connectivity index (χ0n) is 12.3. The number of aliphatic hydroxyl groups excluding tert-OH is 1. The molecule has 1 unspecified atom stereocenters. The molecule has 3 aromatic rings. The van der Waals surface area contributed by atoms with E-state index in [1.807, 2.05) is 30.3 Å². The van der Waals surface area contributed by atoms with Gasteiger partial charge in [-0.15, -0.1) is 0 Å². The average molecular weight is 306 g/mol. The summed E-state index contributed by atoms with van der Waals surface area (Å²) < 4.78 is 7.04. The standard InChI is InChI=1S/C18H14N2O3/c21-16-9-23-8-13-12(16)6-15-17-11(7-20(15)18(13)22)5-10-3-1-2-4-14(10)19-17/h1-6,16,21H,7-9H2. The fourth-order valence-electron chi connectivity index (χ4n) is 3.54. The Bertz CT molecular complexity index is 1020. The van der Waals surface area contributed by atoms with Gasteiger partial charge in [0, 0.05) is 16.5 Å². The molecule has 0 aliphatic carbocycles. The van der Waals surface area contributed by atoms with E-state index in [9.17, 15) is 9.90 Å². The predicted molar refractivity (Wildman–Crippen MR) is 85.2 cm³/mol. The molecule has 114 valence electrons. The maximum Gasteiger partial charge on any atom is 0.257 e. The van der Waals surface area contributed by atoms with Crippen LogP contribution in [0.5, 0.6) is 0 Å². The maximum absolute atomic E-state index is 12.8. The lowest BCUT2D eigenvalue weighted by molar-refractivity contribution is 0.00883. The van der Waals surface area contributed by atoms with E-state index in [4.69, 9.17) is 9.72 Å². The lowest BCUT2D eigenvalue weighted by Crippen LogP contribution is -2.30. The van der Waals surface area contributed by atoms with Crippen LogP contribution in [-0.2, 0) is 17.9 Å². The lowest BCUT2D eigenvalue weighted by atomic mass is 10.0. The highest BCUT2D eigenvalue weighted by atomic mass is 16.5. The number of pyridine rings is 2. The highest BCUT2D eigenvalue weighted by molar-refractivity contribution is 5.83. The van der Waals surface area contributed by atoms with Crippen LogP contribution in [0.2, 0.25) is 0 Å². The van der Waals surface area contributed by atoms with Crippen molar-refractivity contribution < 1.29 is 9.84 Å². The number of aromatic nitrogens is 2. The summed E-state index contributed by atoms with van der Waals surface area (Å²) >= 11 is 0. The number of benzene rings is 1. The smallest absolute Gasteiger partial charge is 0.257 e. The van der Waals surface area contributed by atoms with Crippen LogP contribution in [0.4, 0.5) is 0 Å². The molecule has 5 nitrogen and oxygen atoms in total. The van der Waals surface area contributed by atoms with Gasteiger partial charge in [0.15, 0.2) is 0 Å². The number of fused-ring (bicyclic) bond motifs is 5. The van der Waals surface area contributed by atoms with Gasteiger partial charge in [0.25, 0.3) is 5.56 Å². The summed E-state index contributed by atoms with van der Waals surface area (Å²) in [7, 11) is 0. The maximum atomic E-state index is 12.8. The van der Waals surface area contributed by atoms with Gasteiger partial charge in [0.05, 0.1) is 36.7 Å². The van der Waals surface area contributed by atoms with Gasteiger partial charge in [0.2, 0.25) is 0 Å². The molecular weight excluding hydrogens is 292 g/mol. The molecule has 0 radical (unpaired) electrons. The van der Waals surface area contributed by atoms with Crippen molar-refractivity contribution in [3.8, 4) is 11.4 Å². The Hall–Kier alpha value is -2.50. The second-order valence-corrected chi connectivity index (χ2v) is 6.07. The Balaban J connectivity index is 1.81. The van der Waals surface area contributed by atoms with Crippen molar-refractivity contribution in [3.63, 3.8) is 0 Å². The second-order valence-electron chi connectivity index (χ2n) is 6.07. The molecule has 5 heteroatoms. The van der Waals surface area contributed by atoms with Gasteiger partial charge in [-0.05, 0) is 23.8 Å². The summed E-state index contributed by atoms with van der Waals surface area (Å²) in [6, 6.07) is 11.9. The van der Waals surface area contributed by atoms with Gasteiger partial charge in [-0.2, -0.15) is 0 Å². The van der Waals surface area contributed by atoms with E-state index in [2.05, 4.69) is 6.07 Å². The summed E-state index contributed by atoms with van der Waals surface area (Å²) in [4.78, 5) is 17.5. The number of para-hydroxylation sites is 1. The minimum atomic E-state index is -0.748. The molecular formula is C18H14N2O3. The van der Waals surface area contributed by atoms with Crippen molar-refractivity contribution in [1.82, 2.24) is 9.55 Å². The number of hydrogen-bond acceptors (Lipinski definition) is 4. The third-order valence-electron chi connectivity index (χ3n) is 4.69. The highest BCUT2D eigenvalue weighted by Gasteiger charge is 2.29. The molecule has 1 aromatic carbocycles. The van der Waals surface area contributed by atoms with Gasteiger partial charge >= 0.3 is 0 Å². The normalized spacial score (nSPS) is 18.6. The van der Waals surface area contributed by atoms with Crippen LogP contribution >= 0.6 is 0 Å². The van der Waals surface area contributed by atoms with Gasteiger partial charge in [-0.1, -0.05) is 18.2 Å². The van der Waals surface area contributed by atoms with Gasteiger partial charge in [-0.3, -0.25) is 4.79 Å². The van der Waals surface area contributed by atoms with Crippen molar-refractivity contribution in [2.24, 2.45) is 0 Å². The first-order valence-corrected chi connectivity index (χ1v) is 7.64. The van der Waals surface area contributed by atoms with Crippen LogP contribution in [0.25, 0.3) is 22.3 Å². The quantitative estimate of drug-likeness (QED) is 0.539. The molecule has 2 aliphatic heterocycles. The van der Waals surface area contributed by atoms with Crippen molar-refractivity contribution >= 4 is 10.9 Å². The lowest BCUT2D eigenvalue weighted by Gasteiger charge is -2.22. The van der Waals surface area contributed by atoms with E-state index in [-0.39, 0.29) is 18.8 Å². The van der Waals surface area contributed by atoms with Crippen LogP contribution in [-0.4, -0.2) is 21.3 Å². The molecule has 5 rings (SSSR count). The van der Waals surface area contributed by atoms with Crippen molar-refractivity contribution in [1.29, 1.82) is 0 Å². The first-order valence-electron chi connectivity index (χ1n) is 7.64. The van der Waals surface area contributed by atoms with E-state index in [0.29, 0.717) is 17.7 Å². The molecule has 2 aliphatic rings. The van der Waals surface area contributed by atoms with Crippen molar-refractivity contribution in [2.75, 3.05) is 6.61 Å². The fraction of sp³-hybridized carbons (Fsp3) is 0.222. The Morgan fingerprint density at radius 3 is 3.04 bits per heavy atom. The molecule has 0 bridgehead atoms. The Labute approximate surface area is 131 Å². The molecule has 1 N–H and O–H groups in total.